The first kappa shape index (κ1) is 14.3. The fourth-order valence-corrected chi connectivity index (χ4v) is 3.42. The summed E-state index contributed by atoms with van der Waals surface area (Å²) in [6, 6.07) is 1.32. The van der Waals surface area contributed by atoms with E-state index in [9.17, 15) is 0 Å². The minimum Gasteiger partial charge on any atom is -0.377 e. The van der Waals surface area contributed by atoms with Gasteiger partial charge in [0.05, 0.1) is 6.10 Å². The average molecular weight is 254 g/mol. The highest BCUT2D eigenvalue weighted by Gasteiger charge is 2.42. The van der Waals surface area contributed by atoms with Crippen LogP contribution in [0.4, 0.5) is 0 Å². The van der Waals surface area contributed by atoms with Gasteiger partial charge in [-0.1, -0.05) is 6.92 Å². The Bertz CT molecular complexity index is 271. The van der Waals surface area contributed by atoms with Crippen molar-refractivity contribution >= 4 is 0 Å². The minimum absolute atomic E-state index is 0.259. The molecule has 2 rings (SSSR count). The van der Waals surface area contributed by atoms with Crippen molar-refractivity contribution in [2.75, 3.05) is 19.7 Å². The summed E-state index contributed by atoms with van der Waals surface area (Å²) in [6.07, 6.45) is 5.32. The van der Waals surface area contributed by atoms with Crippen molar-refractivity contribution in [3.05, 3.63) is 0 Å². The second kappa shape index (κ2) is 5.89. The first-order valence-corrected chi connectivity index (χ1v) is 7.69. The minimum atomic E-state index is 0.259. The molecule has 0 saturated carbocycles. The van der Waals surface area contributed by atoms with E-state index < -0.39 is 0 Å². The number of hydrogen-bond acceptors (Lipinski definition) is 3. The van der Waals surface area contributed by atoms with Gasteiger partial charge in [-0.05, 0) is 46.5 Å². The third-order valence-corrected chi connectivity index (χ3v) is 5.17. The summed E-state index contributed by atoms with van der Waals surface area (Å²) < 4.78 is 5.82. The second-order valence-electron chi connectivity index (χ2n) is 6.36. The van der Waals surface area contributed by atoms with E-state index in [1.54, 1.807) is 0 Å². The van der Waals surface area contributed by atoms with E-state index in [-0.39, 0.29) is 5.54 Å². The smallest absolute Gasteiger partial charge is 0.0728 e. The molecule has 4 atom stereocenters. The largest absolute Gasteiger partial charge is 0.377 e. The topological polar surface area (TPSA) is 24.5 Å². The SMILES string of the molecule is CCC1CCN(C2(C)CCOC2C)CCC(C)N1. The summed E-state index contributed by atoms with van der Waals surface area (Å²) >= 11 is 0. The molecule has 2 fully saturated rings. The molecule has 0 aromatic carbocycles. The Balaban J connectivity index is 2.03. The summed E-state index contributed by atoms with van der Waals surface area (Å²) in [7, 11) is 0. The molecular formula is C15H30N2O. The maximum atomic E-state index is 5.82. The van der Waals surface area contributed by atoms with E-state index in [1.165, 1.54) is 38.8 Å². The van der Waals surface area contributed by atoms with Crippen molar-refractivity contribution in [1.82, 2.24) is 10.2 Å². The average Bonchev–Trinajstić information content (AvgIpc) is 2.65. The van der Waals surface area contributed by atoms with Crippen LogP contribution in [0.3, 0.4) is 0 Å². The second-order valence-corrected chi connectivity index (χ2v) is 6.36. The standard InChI is InChI=1S/C15H30N2O/c1-5-14-7-10-17(9-6-12(2)16-14)15(4)8-11-18-13(15)3/h12-14,16H,5-11H2,1-4H3. The van der Waals surface area contributed by atoms with Crippen LogP contribution in [0.5, 0.6) is 0 Å². The van der Waals surface area contributed by atoms with Crippen molar-refractivity contribution in [2.45, 2.75) is 77.1 Å². The van der Waals surface area contributed by atoms with Crippen LogP contribution in [0.25, 0.3) is 0 Å². The Morgan fingerprint density at radius 2 is 2.00 bits per heavy atom. The summed E-state index contributed by atoms with van der Waals surface area (Å²) in [6.45, 7) is 12.6. The van der Waals surface area contributed by atoms with Crippen molar-refractivity contribution < 1.29 is 4.74 Å². The monoisotopic (exact) mass is 254 g/mol. The molecule has 106 valence electrons. The molecule has 4 unspecified atom stereocenters. The molecule has 0 aliphatic carbocycles. The molecular weight excluding hydrogens is 224 g/mol. The lowest BCUT2D eigenvalue weighted by atomic mass is 9.90. The zero-order chi connectivity index (χ0) is 13.2. The molecule has 3 heteroatoms. The number of nitrogens with zero attached hydrogens (tertiary/aromatic N) is 1. The van der Waals surface area contributed by atoms with Gasteiger partial charge in [0, 0.05) is 37.3 Å². The molecule has 0 aromatic rings. The summed E-state index contributed by atoms with van der Waals surface area (Å²) in [5.41, 5.74) is 0.259. The highest BCUT2D eigenvalue weighted by Crippen LogP contribution is 2.32. The lowest BCUT2D eigenvalue weighted by Crippen LogP contribution is -2.55. The van der Waals surface area contributed by atoms with Crippen LogP contribution < -0.4 is 5.32 Å². The molecule has 2 heterocycles. The summed E-state index contributed by atoms with van der Waals surface area (Å²) in [5.74, 6) is 0. The van der Waals surface area contributed by atoms with Gasteiger partial charge in [0.1, 0.15) is 0 Å². The Kier molecular flexibility index (Phi) is 4.68. The number of hydrogen-bond donors (Lipinski definition) is 1. The molecule has 0 amide bonds. The van der Waals surface area contributed by atoms with Crippen molar-refractivity contribution in [1.29, 1.82) is 0 Å². The lowest BCUT2D eigenvalue weighted by Gasteiger charge is -2.43. The molecule has 0 radical (unpaired) electrons. The van der Waals surface area contributed by atoms with E-state index in [0.29, 0.717) is 18.2 Å². The normalized spacial score (nSPS) is 43.7. The maximum Gasteiger partial charge on any atom is 0.0728 e. The van der Waals surface area contributed by atoms with Crippen LogP contribution >= 0.6 is 0 Å². The molecule has 0 aromatic heterocycles. The molecule has 2 aliphatic rings. The van der Waals surface area contributed by atoms with Crippen LogP contribution in [0.15, 0.2) is 0 Å². The van der Waals surface area contributed by atoms with Gasteiger partial charge >= 0.3 is 0 Å². The van der Waals surface area contributed by atoms with Gasteiger partial charge in [-0.2, -0.15) is 0 Å². The van der Waals surface area contributed by atoms with E-state index in [2.05, 4.69) is 37.9 Å². The van der Waals surface area contributed by atoms with Gasteiger partial charge < -0.3 is 10.1 Å². The van der Waals surface area contributed by atoms with Crippen LogP contribution in [0.1, 0.15) is 53.4 Å². The van der Waals surface area contributed by atoms with Gasteiger partial charge in [0.2, 0.25) is 0 Å². The van der Waals surface area contributed by atoms with Gasteiger partial charge in [0.15, 0.2) is 0 Å². The Morgan fingerprint density at radius 3 is 2.61 bits per heavy atom. The summed E-state index contributed by atoms with van der Waals surface area (Å²) in [5, 5.41) is 3.75. The zero-order valence-corrected chi connectivity index (χ0v) is 12.5. The van der Waals surface area contributed by atoms with E-state index in [0.717, 1.165) is 6.61 Å². The number of nitrogens with one attached hydrogen (secondary N) is 1. The highest BCUT2D eigenvalue weighted by atomic mass is 16.5. The van der Waals surface area contributed by atoms with Crippen LogP contribution in [-0.2, 0) is 4.74 Å². The zero-order valence-electron chi connectivity index (χ0n) is 12.5. The molecule has 3 nitrogen and oxygen atoms in total. The predicted octanol–water partition coefficient (Wildman–Crippen LogP) is 2.41. The first-order chi connectivity index (χ1) is 8.56. The quantitative estimate of drug-likeness (QED) is 0.819. The van der Waals surface area contributed by atoms with Crippen molar-refractivity contribution in [3.63, 3.8) is 0 Å². The molecule has 2 saturated heterocycles. The summed E-state index contributed by atoms with van der Waals surface area (Å²) in [4.78, 5) is 2.70. The van der Waals surface area contributed by atoms with Gasteiger partial charge in [-0.15, -0.1) is 0 Å². The van der Waals surface area contributed by atoms with Crippen LogP contribution in [0.2, 0.25) is 0 Å². The molecule has 18 heavy (non-hydrogen) atoms. The van der Waals surface area contributed by atoms with Crippen molar-refractivity contribution in [2.24, 2.45) is 0 Å². The van der Waals surface area contributed by atoms with E-state index in [1.807, 2.05) is 0 Å². The molecule has 2 aliphatic heterocycles. The lowest BCUT2D eigenvalue weighted by molar-refractivity contribution is 0.0124. The van der Waals surface area contributed by atoms with Gasteiger partial charge in [-0.3, -0.25) is 4.90 Å². The highest BCUT2D eigenvalue weighted by molar-refractivity contribution is 4.97. The van der Waals surface area contributed by atoms with Crippen LogP contribution in [-0.4, -0.2) is 48.3 Å². The molecule has 0 spiro atoms. The van der Waals surface area contributed by atoms with E-state index >= 15 is 0 Å². The predicted molar refractivity (Wildman–Crippen MR) is 75.9 cm³/mol. The van der Waals surface area contributed by atoms with Gasteiger partial charge in [-0.25, -0.2) is 0 Å². The Labute approximate surface area is 112 Å². The van der Waals surface area contributed by atoms with E-state index in [4.69, 9.17) is 4.74 Å². The number of ether oxygens (including phenoxy) is 1. The maximum absolute atomic E-state index is 5.82. The number of rotatable bonds is 2. The fourth-order valence-electron chi connectivity index (χ4n) is 3.42. The first-order valence-electron chi connectivity index (χ1n) is 7.69. The van der Waals surface area contributed by atoms with Crippen molar-refractivity contribution in [3.8, 4) is 0 Å². The third kappa shape index (κ3) is 2.89. The Morgan fingerprint density at radius 1 is 1.28 bits per heavy atom. The molecule has 1 N–H and O–H groups in total. The fraction of sp³-hybridized carbons (Fsp3) is 1.00. The van der Waals surface area contributed by atoms with Gasteiger partial charge in [0.25, 0.3) is 0 Å². The third-order valence-electron chi connectivity index (χ3n) is 5.17. The molecule has 0 bridgehead atoms. The Hall–Kier alpha value is -0.120. The van der Waals surface area contributed by atoms with Crippen LogP contribution in [0, 0.1) is 0 Å².